The molecule has 0 bridgehead atoms. The fourth-order valence-electron chi connectivity index (χ4n) is 2.18. The largest absolute Gasteiger partial charge is 0.387 e. The summed E-state index contributed by atoms with van der Waals surface area (Å²) in [6.07, 6.45) is -0.686. The molecule has 21 heavy (non-hydrogen) atoms. The molecule has 0 radical (unpaired) electrons. The van der Waals surface area contributed by atoms with Gasteiger partial charge >= 0.3 is 0 Å². The number of benzene rings is 2. The van der Waals surface area contributed by atoms with Crippen LogP contribution in [0.25, 0.3) is 0 Å². The summed E-state index contributed by atoms with van der Waals surface area (Å²) in [5.74, 6) is -0.305. The molecule has 2 aromatic rings. The summed E-state index contributed by atoms with van der Waals surface area (Å²) in [6, 6.07) is 15.8. The van der Waals surface area contributed by atoms with Gasteiger partial charge in [0.25, 0.3) is 0 Å². The van der Waals surface area contributed by atoms with Crippen molar-refractivity contribution >= 4 is 0 Å². The summed E-state index contributed by atoms with van der Waals surface area (Å²) in [4.78, 5) is 0. The lowest BCUT2D eigenvalue weighted by Gasteiger charge is -2.21. The van der Waals surface area contributed by atoms with Crippen LogP contribution in [0.4, 0.5) is 4.39 Å². The van der Waals surface area contributed by atoms with Crippen LogP contribution in [-0.2, 0) is 4.74 Å². The molecular formula is C17H20FNO2. The van der Waals surface area contributed by atoms with Crippen LogP contribution in [0.5, 0.6) is 0 Å². The first-order valence-corrected chi connectivity index (χ1v) is 6.91. The smallest absolute Gasteiger partial charge is 0.123 e. The van der Waals surface area contributed by atoms with Gasteiger partial charge in [0.15, 0.2) is 0 Å². The van der Waals surface area contributed by atoms with Gasteiger partial charge in [0.05, 0.1) is 18.8 Å². The predicted molar refractivity (Wildman–Crippen MR) is 80.4 cm³/mol. The minimum atomic E-state index is -0.686. The minimum Gasteiger partial charge on any atom is -0.387 e. The van der Waals surface area contributed by atoms with Crippen LogP contribution in [0, 0.1) is 5.82 Å². The molecule has 2 unspecified atom stereocenters. The molecule has 0 heterocycles. The van der Waals surface area contributed by atoms with Crippen LogP contribution in [0.2, 0.25) is 0 Å². The number of hydrogen-bond donors (Lipinski definition) is 2. The summed E-state index contributed by atoms with van der Waals surface area (Å²) in [7, 11) is 1.65. The first-order chi connectivity index (χ1) is 10.2. The Bertz CT molecular complexity index is 530. The minimum absolute atomic E-state index is 0.00583. The van der Waals surface area contributed by atoms with Gasteiger partial charge in [-0.1, -0.05) is 42.5 Å². The Kier molecular flexibility index (Phi) is 5.87. The van der Waals surface area contributed by atoms with E-state index >= 15 is 0 Å². The Labute approximate surface area is 124 Å². The maximum Gasteiger partial charge on any atom is 0.123 e. The number of ether oxygens (including phenoxy) is 1. The van der Waals surface area contributed by atoms with Gasteiger partial charge in [0.1, 0.15) is 5.82 Å². The highest BCUT2D eigenvalue weighted by Crippen LogP contribution is 2.16. The highest BCUT2D eigenvalue weighted by molar-refractivity contribution is 5.21. The van der Waals surface area contributed by atoms with Crippen molar-refractivity contribution in [2.75, 3.05) is 20.3 Å². The molecule has 2 atom stereocenters. The molecule has 0 fully saturated rings. The number of nitrogens with one attached hydrogen (secondary N) is 1. The van der Waals surface area contributed by atoms with Crippen LogP contribution >= 0.6 is 0 Å². The molecule has 0 saturated carbocycles. The molecule has 4 heteroatoms. The van der Waals surface area contributed by atoms with E-state index in [4.69, 9.17) is 4.74 Å². The summed E-state index contributed by atoms with van der Waals surface area (Å²) >= 11 is 0. The fourth-order valence-corrected chi connectivity index (χ4v) is 2.18. The second kappa shape index (κ2) is 7.88. The second-order valence-electron chi connectivity index (χ2n) is 4.89. The Morgan fingerprint density at radius 1 is 1.05 bits per heavy atom. The van der Waals surface area contributed by atoms with Crippen LogP contribution in [0.15, 0.2) is 54.6 Å². The van der Waals surface area contributed by atoms with Crippen LogP contribution in [-0.4, -0.2) is 25.4 Å². The van der Waals surface area contributed by atoms with Crippen molar-refractivity contribution in [1.29, 1.82) is 0 Å². The van der Waals surface area contributed by atoms with E-state index in [1.54, 1.807) is 19.2 Å². The Morgan fingerprint density at radius 2 is 1.71 bits per heavy atom. The van der Waals surface area contributed by atoms with Crippen molar-refractivity contribution in [2.45, 2.75) is 12.1 Å². The molecule has 2 rings (SSSR count). The monoisotopic (exact) mass is 289 g/mol. The molecule has 3 nitrogen and oxygen atoms in total. The van der Waals surface area contributed by atoms with Crippen LogP contribution in [0.1, 0.15) is 23.3 Å². The van der Waals surface area contributed by atoms with Gasteiger partial charge in [-0.2, -0.15) is 0 Å². The number of rotatable bonds is 7. The Hall–Kier alpha value is -1.75. The molecular weight excluding hydrogens is 269 g/mol. The summed E-state index contributed by atoms with van der Waals surface area (Å²) in [5, 5.41) is 13.4. The van der Waals surface area contributed by atoms with Gasteiger partial charge < -0.3 is 15.2 Å². The van der Waals surface area contributed by atoms with Gasteiger partial charge in [0, 0.05) is 13.7 Å². The van der Waals surface area contributed by atoms with E-state index in [1.807, 2.05) is 30.3 Å². The molecule has 0 aliphatic rings. The predicted octanol–water partition coefficient (Wildman–Crippen LogP) is 2.84. The standard InChI is InChI=1S/C17H20FNO2/c1-21-12-16(13-5-3-2-4-6-13)19-11-17(20)14-7-9-15(18)10-8-14/h2-10,16-17,19-20H,11-12H2,1H3. The van der Waals surface area contributed by atoms with E-state index in [2.05, 4.69) is 5.32 Å². The van der Waals surface area contributed by atoms with Gasteiger partial charge in [-0.05, 0) is 23.3 Å². The topological polar surface area (TPSA) is 41.5 Å². The highest BCUT2D eigenvalue weighted by atomic mass is 19.1. The molecule has 2 aromatic carbocycles. The number of methoxy groups -OCH3 is 1. The average Bonchev–Trinajstić information content (AvgIpc) is 2.52. The Balaban J connectivity index is 1.97. The number of hydrogen-bond acceptors (Lipinski definition) is 3. The molecule has 0 aromatic heterocycles. The molecule has 112 valence electrons. The van der Waals surface area contributed by atoms with Crippen LogP contribution in [0.3, 0.4) is 0 Å². The molecule has 2 N–H and O–H groups in total. The lowest BCUT2D eigenvalue weighted by atomic mass is 10.1. The lowest BCUT2D eigenvalue weighted by Crippen LogP contribution is -2.29. The quantitative estimate of drug-likeness (QED) is 0.823. The molecule has 0 spiro atoms. The molecule has 0 saturated heterocycles. The van der Waals surface area contributed by atoms with E-state index in [0.29, 0.717) is 18.7 Å². The summed E-state index contributed by atoms with van der Waals surface area (Å²) in [6.45, 7) is 0.884. The third kappa shape index (κ3) is 4.63. The average molecular weight is 289 g/mol. The first kappa shape index (κ1) is 15.6. The molecule has 0 aliphatic carbocycles. The second-order valence-corrected chi connectivity index (χ2v) is 4.89. The molecule has 0 aliphatic heterocycles. The normalized spacial score (nSPS) is 13.9. The lowest BCUT2D eigenvalue weighted by molar-refractivity contribution is 0.139. The van der Waals surface area contributed by atoms with Crippen molar-refractivity contribution < 1.29 is 14.2 Å². The summed E-state index contributed by atoms with van der Waals surface area (Å²) < 4.78 is 18.1. The SMILES string of the molecule is COCC(NCC(O)c1ccc(F)cc1)c1ccccc1. The van der Waals surface area contributed by atoms with Gasteiger partial charge in [-0.15, -0.1) is 0 Å². The van der Waals surface area contributed by atoms with Gasteiger partial charge in [0.2, 0.25) is 0 Å². The maximum atomic E-state index is 12.9. The van der Waals surface area contributed by atoms with Crippen LogP contribution < -0.4 is 5.32 Å². The number of halogens is 1. The molecule has 0 amide bonds. The number of aliphatic hydroxyl groups is 1. The Morgan fingerprint density at radius 3 is 2.33 bits per heavy atom. The maximum absolute atomic E-state index is 12.9. The van der Waals surface area contributed by atoms with E-state index in [9.17, 15) is 9.50 Å². The zero-order valence-electron chi connectivity index (χ0n) is 12.0. The number of aliphatic hydroxyl groups excluding tert-OH is 1. The van der Waals surface area contributed by atoms with Crippen molar-refractivity contribution in [3.8, 4) is 0 Å². The van der Waals surface area contributed by atoms with E-state index < -0.39 is 6.10 Å². The van der Waals surface area contributed by atoms with Gasteiger partial charge in [-0.3, -0.25) is 0 Å². The first-order valence-electron chi connectivity index (χ1n) is 6.91. The zero-order chi connectivity index (χ0) is 15.1. The zero-order valence-corrected chi connectivity index (χ0v) is 12.0. The van der Waals surface area contributed by atoms with Crippen molar-refractivity contribution in [2.24, 2.45) is 0 Å². The summed E-state index contributed by atoms with van der Waals surface area (Å²) in [5.41, 5.74) is 1.79. The fraction of sp³-hybridized carbons (Fsp3) is 0.294. The van der Waals surface area contributed by atoms with Gasteiger partial charge in [-0.25, -0.2) is 4.39 Å². The van der Waals surface area contributed by atoms with E-state index in [1.165, 1.54) is 12.1 Å². The van der Waals surface area contributed by atoms with E-state index in [-0.39, 0.29) is 11.9 Å². The van der Waals surface area contributed by atoms with Crippen molar-refractivity contribution in [1.82, 2.24) is 5.32 Å². The third-order valence-electron chi connectivity index (χ3n) is 3.35. The van der Waals surface area contributed by atoms with E-state index in [0.717, 1.165) is 5.56 Å². The van der Waals surface area contributed by atoms with Crippen molar-refractivity contribution in [3.05, 3.63) is 71.5 Å². The van der Waals surface area contributed by atoms with Crippen molar-refractivity contribution in [3.63, 3.8) is 0 Å². The third-order valence-corrected chi connectivity index (χ3v) is 3.35. The highest BCUT2D eigenvalue weighted by Gasteiger charge is 2.14.